The first kappa shape index (κ1) is 33.9. The molecule has 4 aliphatic rings. The first-order valence-electron chi connectivity index (χ1n) is 16.5. The van der Waals surface area contributed by atoms with Crippen molar-refractivity contribution in [2.24, 2.45) is 11.8 Å². The molecule has 4 heterocycles. The van der Waals surface area contributed by atoms with E-state index < -0.39 is 6.10 Å². The van der Waals surface area contributed by atoms with Gasteiger partial charge in [-0.15, -0.1) is 0 Å². The van der Waals surface area contributed by atoms with Crippen molar-refractivity contribution in [2.75, 3.05) is 20.2 Å². The van der Waals surface area contributed by atoms with Crippen molar-refractivity contribution >= 4 is 17.8 Å². The minimum absolute atomic E-state index is 0.0394. The molecule has 0 aromatic rings. The number of nitrogens with zero attached hydrogens (tertiary/aromatic N) is 1. The smallest absolute Gasteiger partial charge is 0.330 e. The molecule has 8 heteroatoms. The normalized spacial score (nSPS) is 34.1. The standard InChI is InChI=1S/C36H51NO7/c1-26-16-17-27(2)33(14-7-5-4-6-8-15-34(38)37-18-9-10-19-37)44-36(40)25-32-22-28(23-35(39)41-3)21-31(43-32)24-30-13-11-12-29(20-26)42-30/h4-8,14,16-17,23,26-27,29-33H,9-13,15,18-22,24-25H2,1-3H3/b5-4-,8-6+,14-7+,17-16+,28-23-/t26?,27?,29?,30-,31?,32?,33?/m0/s1. The fourth-order valence-corrected chi connectivity index (χ4v) is 6.58. The van der Waals surface area contributed by atoms with Crippen molar-refractivity contribution in [3.8, 4) is 0 Å². The molecule has 4 bridgehead atoms. The molecular formula is C36H51NO7. The average molecular weight is 610 g/mol. The number of ether oxygens (including phenoxy) is 4. The molecule has 4 rings (SSSR count). The Labute approximate surface area is 263 Å². The lowest BCUT2D eigenvalue weighted by Gasteiger charge is -2.37. The van der Waals surface area contributed by atoms with Gasteiger partial charge in [-0.3, -0.25) is 9.59 Å². The highest BCUT2D eigenvalue weighted by molar-refractivity contribution is 5.82. The topological polar surface area (TPSA) is 91.4 Å². The van der Waals surface area contributed by atoms with Gasteiger partial charge in [-0.25, -0.2) is 4.79 Å². The summed E-state index contributed by atoms with van der Waals surface area (Å²) in [5, 5.41) is 0. The van der Waals surface area contributed by atoms with E-state index >= 15 is 0 Å². The van der Waals surface area contributed by atoms with Crippen LogP contribution in [0.3, 0.4) is 0 Å². The fourth-order valence-electron chi connectivity index (χ4n) is 6.58. The van der Waals surface area contributed by atoms with E-state index in [1.165, 1.54) is 7.11 Å². The first-order valence-corrected chi connectivity index (χ1v) is 16.5. The lowest BCUT2D eigenvalue weighted by molar-refractivity contribution is -0.154. The number of methoxy groups -OCH3 is 1. The van der Waals surface area contributed by atoms with Gasteiger partial charge >= 0.3 is 11.9 Å². The summed E-state index contributed by atoms with van der Waals surface area (Å²) in [5.74, 6) is -0.262. The van der Waals surface area contributed by atoms with Gasteiger partial charge < -0.3 is 23.8 Å². The summed E-state index contributed by atoms with van der Waals surface area (Å²) < 4.78 is 23.8. The molecule has 6 unspecified atom stereocenters. The molecule has 7 atom stereocenters. The summed E-state index contributed by atoms with van der Waals surface area (Å²) in [6, 6.07) is 0. The first-order chi connectivity index (χ1) is 21.3. The van der Waals surface area contributed by atoms with Crippen LogP contribution in [0.1, 0.15) is 84.5 Å². The van der Waals surface area contributed by atoms with Gasteiger partial charge in [-0.1, -0.05) is 62.0 Å². The Kier molecular flexibility index (Phi) is 13.5. The number of allylic oxidation sites excluding steroid dienone is 5. The highest BCUT2D eigenvalue weighted by Crippen LogP contribution is 2.33. The maximum atomic E-state index is 13.2. The van der Waals surface area contributed by atoms with E-state index in [0.29, 0.717) is 25.2 Å². The van der Waals surface area contributed by atoms with Crippen LogP contribution in [-0.2, 0) is 33.3 Å². The van der Waals surface area contributed by atoms with Crippen LogP contribution >= 0.6 is 0 Å². The molecule has 4 aliphatic heterocycles. The zero-order chi connectivity index (χ0) is 31.3. The zero-order valence-corrected chi connectivity index (χ0v) is 26.7. The zero-order valence-electron chi connectivity index (χ0n) is 26.7. The van der Waals surface area contributed by atoms with Gasteiger partial charge in [-0.2, -0.15) is 0 Å². The summed E-state index contributed by atoms with van der Waals surface area (Å²) in [6.45, 7) is 5.99. The highest BCUT2D eigenvalue weighted by Gasteiger charge is 2.33. The molecule has 44 heavy (non-hydrogen) atoms. The Hall–Kier alpha value is -2.97. The molecule has 3 saturated heterocycles. The molecular weight excluding hydrogens is 558 g/mol. The number of hydrogen-bond acceptors (Lipinski definition) is 7. The van der Waals surface area contributed by atoms with Crippen LogP contribution in [0.4, 0.5) is 0 Å². The van der Waals surface area contributed by atoms with Crippen molar-refractivity contribution in [1.82, 2.24) is 4.90 Å². The number of esters is 2. The van der Waals surface area contributed by atoms with Crippen LogP contribution in [0.15, 0.2) is 60.3 Å². The summed E-state index contributed by atoms with van der Waals surface area (Å²) in [4.78, 5) is 39.4. The van der Waals surface area contributed by atoms with Crippen LogP contribution in [0.25, 0.3) is 0 Å². The quantitative estimate of drug-likeness (QED) is 0.154. The summed E-state index contributed by atoms with van der Waals surface area (Å²) in [6.07, 6.45) is 25.2. The number of carbonyl (C=O) groups excluding carboxylic acids is 3. The lowest BCUT2D eigenvalue weighted by Crippen LogP contribution is -2.37. The number of likely N-dealkylation sites (tertiary alicyclic amines) is 1. The highest BCUT2D eigenvalue weighted by atomic mass is 16.6. The van der Waals surface area contributed by atoms with E-state index in [0.717, 1.165) is 63.6 Å². The fraction of sp³-hybridized carbons (Fsp3) is 0.639. The van der Waals surface area contributed by atoms with Gasteiger partial charge in [0.1, 0.15) is 6.10 Å². The van der Waals surface area contributed by atoms with Crippen LogP contribution in [0.2, 0.25) is 0 Å². The Morgan fingerprint density at radius 3 is 2.36 bits per heavy atom. The van der Waals surface area contributed by atoms with E-state index in [-0.39, 0.29) is 54.6 Å². The van der Waals surface area contributed by atoms with Crippen LogP contribution in [0.5, 0.6) is 0 Å². The number of rotatable bonds is 6. The number of fused-ring (bicyclic) bond motifs is 4. The van der Waals surface area contributed by atoms with Crippen molar-refractivity contribution in [2.45, 2.75) is 115 Å². The molecule has 0 aromatic heterocycles. The number of cyclic esters (lactones) is 1. The second-order valence-corrected chi connectivity index (χ2v) is 12.8. The predicted octanol–water partition coefficient (Wildman–Crippen LogP) is 6.18. The van der Waals surface area contributed by atoms with E-state index in [4.69, 9.17) is 18.9 Å². The van der Waals surface area contributed by atoms with Gasteiger partial charge in [-0.05, 0) is 63.4 Å². The third kappa shape index (κ3) is 11.2. The molecule has 0 saturated carbocycles. The molecule has 0 aromatic carbocycles. The second kappa shape index (κ2) is 17.5. The summed E-state index contributed by atoms with van der Waals surface area (Å²) in [5.41, 5.74) is 0.932. The van der Waals surface area contributed by atoms with Crippen molar-refractivity contribution < 1.29 is 33.3 Å². The van der Waals surface area contributed by atoms with Crippen LogP contribution < -0.4 is 0 Å². The van der Waals surface area contributed by atoms with Gasteiger partial charge in [0.25, 0.3) is 0 Å². The minimum Gasteiger partial charge on any atom is -0.466 e. The van der Waals surface area contributed by atoms with Gasteiger partial charge in [0.15, 0.2) is 0 Å². The molecule has 0 N–H and O–H groups in total. The monoisotopic (exact) mass is 609 g/mol. The van der Waals surface area contributed by atoms with Gasteiger partial charge in [0.05, 0.1) is 37.9 Å². The van der Waals surface area contributed by atoms with Crippen molar-refractivity contribution in [3.63, 3.8) is 0 Å². The Balaban J connectivity index is 1.44. The summed E-state index contributed by atoms with van der Waals surface area (Å²) >= 11 is 0. The third-order valence-electron chi connectivity index (χ3n) is 8.93. The largest absolute Gasteiger partial charge is 0.466 e. The lowest BCUT2D eigenvalue weighted by atomic mass is 9.89. The molecule has 1 amide bonds. The minimum atomic E-state index is -0.455. The van der Waals surface area contributed by atoms with Gasteiger partial charge in [0, 0.05) is 37.9 Å². The van der Waals surface area contributed by atoms with Crippen LogP contribution in [0, 0.1) is 11.8 Å². The summed E-state index contributed by atoms with van der Waals surface area (Å²) in [7, 11) is 1.37. The average Bonchev–Trinajstić information content (AvgIpc) is 3.54. The van der Waals surface area contributed by atoms with Crippen molar-refractivity contribution in [1.29, 1.82) is 0 Å². The second-order valence-electron chi connectivity index (χ2n) is 12.8. The van der Waals surface area contributed by atoms with Crippen molar-refractivity contribution in [3.05, 3.63) is 60.3 Å². The van der Waals surface area contributed by atoms with E-state index in [1.54, 1.807) is 6.08 Å². The van der Waals surface area contributed by atoms with E-state index in [1.807, 2.05) is 41.4 Å². The molecule has 0 radical (unpaired) electrons. The maximum Gasteiger partial charge on any atom is 0.330 e. The Morgan fingerprint density at radius 1 is 0.886 bits per heavy atom. The molecule has 8 nitrogen and oxygen atoms in total. The SMILES string of the molecule is COC(=O)/C=C1\CC2CC(=O)OC(/C=C/C=C\C=C\CC(=O)N3CCCC3)C(C)/C=C/C(C)CC3CCC[C@@H](CC(C1)O2)O3. The maximum absolute atomic E-state index is 13.2. The number of hydrogen-bond donors (Lipinski definition) is 0. The van der Waals surface area contributed by atoms with E-state index in [9.17, 15) is 14.4 Å². The van der Waals surface area contributed by atoms with Crippen LogP contribution in [-0.4, -0.2) is 73.5 Å². The third-order valence-corrected chi connectivity index (χ3v) is 8.93. The molecule has 0 aliphatic carbocycles. The van der Waals surface area contributed by atoms with E-state index in [2.05, 4.69) is 26.0 Å². The molecule has 0 spiro atoms. The number of amides is 1. The molecule has 242 valence electrons. The number of carbonyl (C=O) groups is 3. The Bertz CT molecular complexity index is 1120. The molecule has 3 fully saturated rings. The predicted molar refractivity (Wildman–Crippen MR) is 170 cm³/mol. The van der Waals surface area contributed by atoms with Gasteiger partial charge in [0.2, 0.25) is 5.91 Å². The Morgan fingerprint density at radius 2 is 1.59 bits per heavy atom.